The molecule has 1 saturated heterocycles. The third-order valence-electron chi connectivity index (χ3n) is 4.43. The lowest BCUT2D eigenvalue weighted by Crippen LogP contribution is -2.41. The monoisotopic (exact) mass is 284 g/mol. The molecule has 1 aliphatic rings. The molecule has 1 amide bonds. The van der Waals surface area contributed by atoms with Crippen LogP contribution in [0, 0.1) is 17.3 Å². The van der Waals surface area contributed by atoms with Crippen molar-refractivity contribution in [1.82, 2.24) is 10.6 Å². The lowest BCUT2D eigenvalue weighted by molar-refractivity contribution is -0.123. The van der Waals surface area contributed by atoms with Gasteiger partial charge in [-0.25, -0.2) is 0 Å². The number of methoxy groups -OCH3 is 1. The van der Waals surface area contributed by atoms with Crippen molar-refractivity contribution in [2.75, 3.05) is 26.7 Å². The van der Waals surface area contributed by atoms with E-state index in [-0.39, 0.29) is 17.4 Å². The van der Waals surface area contributed by atoms with Gasteiger partial charge in [-0.05, 0) is 43.2 Å². The molecule has 0 aromatic carbocycles. The minimum atomic E-state index is 0.0443. The van der Waals surface area contributed by atoms with Crippen molar-refractivity contribution in [2.24, 2.45) is 17.3 Å². The van der Waals surface area contributed by atoms with Gasteiger partial charge in [0.25, 0.3) is 0 Å². The van der Waals surface area contributed by atoms with Crippen LogP contribution in [0.4, 0.5) is 0 Å². The molecule has 4 heteroatoms. The molecule has 0 saturated carbocycles. The predicted octanol–water partition coefficient (Wildman–Crippen LogP) is 2.19. The minimum Gasteiger partial charge on any atom is -0.379 e. The second-order valence-electron chi connectivity index (χ2n) is 7.16. The third-order valence-corrected chi connectivity index (χ3v) is 4.43. The molecule has 0 aromatic heterocycles. The fourth-order valence-electron chi connectivity index (χ4n) is 2.89. The van der Waals surface area contributed by atoms with Gasteiger partial charge in [-0.3, -0.25) is 4.79 Å². The zero-order chi connectivity index (χ0) is 15.2. The highest BCUT2D eigenvalue weighted by Gasteiger charge is 2.26. The second kappa shape index (κ2) is 7.99. The Bertz CT molecular complexity index is 293. The number of piperidine rings is 1. The van der Waals surface area contributed by atoms with E-state index in [0.29, 0.717) is 24.8 Å². The number of hydrogen-bond donors (Lipinski definition) is 2. The minimum absolute atomic E-state index is 0.0443. The zero-order valence-electron chi connectivity index (χ0n) is 13.8. The van der Waals surface area contributed by atoms with Gasteiger partial charge in [0, 0.05) is 20.1 Å². The predicted molar refractivity (Wildman–Crippen MR) is 82.6 cm³/mol. The number of ether oxygens (including phenoxy) is 1. The molecule has 0 aromatic rings. The van der Waals surface area contributed by atoms with Crippen LogP contribution in [0.2, 0.25) is 0 Å². The summed E-state index contributed by atoms with van der Waals surface area (Å²) >= 11 is 0. The van der Waals surface area contributed by atoms with Crippen LogP contribution in [0.5, 0.6) is 0 Å². The summed E-state index contributed by atoms with van der Waals surface area (Å²) in [5.41, 5.74) is 0.0443. The number of nitrogens with one attached hydrogen (secondary N) is 2. The molecular weight excluding hydrogens is 252 g/mol. The quantitative estimate of drug-likeness (QED) is 0.786. The summed E-state index contributed by atoms with van der Waals surface area (Å²) in [6, 6.07) is 0. The van der Waals surface area contributed by atoms with Crippen LogP contribution in [0.25, 0.3) is 0 Å². The van der Waals surface area contributed by atoms with Crippen LogP contribution in [-0.2, 0) is 9.53 Å². The van der Waals surface area contributed by atoms with Crippen molar-refractivity contribution in [1.29, 1.82) is 0 Å². The number of amides is 1. The average molecular weight is 284 g/mol. The molecule has 0 spiro atoms. The summed E-state index contributed by atoms with van der Waals surface area (Å²) in [6.45, 7) is 11.4. The first-order chi connectivity index (χ1) is 9.34. The Balaban J connectivity index is 2.31. The van der Waals surface area contributed by atoms with Gasteiger partial charge in [-0.1, -0.05) is 27.7 Å². The van der Waals surface area contributed by atoms with Gasteiger partial charge < -0.3 is 15.4 Å². The van der Waals surface area contributed by atoms with Gasteiger partial charge in [-0.15, -0.1) is 0 Å². The van der Waals surface area contributed by atoms with Crippen LogP contribution in [-0.4, -0.2) is 38.8 Å². The van der Waals surface area contributed by atoms with E-state index in [1.54, 1.807) is 7.11 Å². The largest absolute Gasteiger partial charge is 0.379 e. The highest BCUT2D eigenvalue weighted by Crippen LogP contribution is 2.24. The highest BCUT2D eigenvalue weighted by atomic mass is 16.5. The van der Waals surface area contributed by atoms with Crippen molar-refractivity contribution >= 4 is 5.91 Å². The molecule has 1 rings (SSSR count). The summed E-state index contributed by atoms with van der Waals surface area (Å²) in [5, 5.41) is 6.40. The number of carbonyl (C=O) groups is 1. The number of hydrogen-bond acceptors (Lipinski definition) is 3. The molecule has 4 nitrogen and oxygen atoms in total. The normalized spacial score (nSPS) is 20.4. The molecule has 0 bridgehead atoms. The molecule has 2 atom stereocenters. The fourth-order valence-corrected chi connectivity index (χ4v) is 2.89. The fraction of sp³-hybridized carbons (Fsp3) is 0.938. The van der Waals surface area contributed by atoms with Crippen LogP contribution in [0.3, 0.4) is 0 Å². The first-order valence-corrected chi connectivity index (χ1v) is 7.84. The summed E-state index contributed by atoms with van der Waals surface area (Å²) in [5.74, 6) is 1.30. The van der Waals surface area contributed by atoms with E-state index in [4.69, 9.17) is 4.74 Å². The molecule has 0 radical (unpaired) electrons. The molecule has 1 heterocycles. The average Bonchev–Trinajstić information content (AvgIpc) is 2.38. The Morgan fingerprint density at radius 1 is 1.35 bits per heavy atom. The van der Waals surface area contributed by atoms with E-state index in [2.05, 4.69) is 38.3 Å². The molecule has 1 aliphatic heterocycles. The van der Waals surface area contributed by atoms with Crippen LogP contribution < -0.4 is 10.6 Å². The Morgan fingerprint density at radius 3 is 2.45 bits per heavy atom. The van der Waals surface area contributed by atoms with E-state index in [1.807, 2.05) is 0 Å². The zero-order valence-corrected chi connectivity index (χ0v) is 13.8. The molecule has 0 aliphatic carbocycles. The Hall–Kier alpha value is -0.610. The Kier molecular flexibility index (Phi) is 6.96. The number of rotatable bonds is 6. The molecular formula is C16H32N2O2. The number of carbonyl (C=O) groups excluding carboxylic acids is 1. The van der Waals surface area contributed by atoms with Crippen molar-refractivity contribution in [3.63, 3.8) is 0 Å². The van der Waals surface area contributed by atoms with Gasteiger partial charge >= 0.3 is 0 Å². The lowest BCUT2D eigenvalue weighted by atomic mass is 9.84. The smallest absolute Gasteiger partial charge is 0.220 e. The topological polar surface area (TPSA) is 50.4 Å². The van der Waals surface area contributed by atoms with Crippen molar-refractivity contribution in [3.8, 4) is 0 Å². The second-order valence-corrected chi connectivity index (χ2v) is 7.16. The van der Waals surface area contributed by atoms with E-state index in [0.717, 1.165) is 13.1 Å². The van der Waals surface area contributed by atoms with Crippen LogP contribution in [0.1, 0.15) is 47.0 Å². The van der Waals surface area contributed by atoms with Gasteiger partial charge in [0.15, 0.2) is 0 Å². The summed E-state index contributed by atoms with van der Waals surface area (Å²) in [4.78, 5) is 12.1. The van der Waals surface area contributed by atoms with Gasteiger partial charge in [0.1, 0.15) is 0 Å². The third kappa shape index (κ3) is 5.80. The summed E-state index contributed by atoms with van der Waals surface area (Å²) < 4.78 is 5.46. The van der Waals surface area contributed by atoms with E-state index >= 15 is 0 Å². The summed E-state index contributed by atoms with van der Waals surface area (Å²) in [6.07, 6.45) is 3.07. The highest BCUT2D eigenvalue weighted by molar-refractivity contribution is 5.76. The molecule has 2 unspecified atom stereocenters. The van der Waals surface area contributed by atoms with E-state index in [1.165, 1.54) is 12.8 Å². The van der Waals surface area contributed by atoms with Gasteiger partial charge in [0.05, 0.1) is 6.10 Å². The molecule has 118 valence electrons. The van der Waals surface area contributed by atoms with E-state index in [9.17, 15) is 4.79 Å². The van der Waals surface area contributed by atoms with Crippen molar-refractivity contribution in [3.05, 3.63) is 0 Å². The maximum Gasteiger partial charge on any atom is 0.220 e. The van der Waals surface area contributed by atoms with E-state index < -0.39 is 0 Å². The maximum atomic E-state index is 12.1. The molecule has 20 heavy (non-hydrogen) atoms. The Morgan fingerprint density at radius 2 is 1.95 bits per heavy atom. The lowest BCUT2D eigenvalue weighted by Gasteiger charge is -2.30. The van der Waals surface area contributed by atoms with Crippen molar-refractivity contribution < 1.29 is 9.53 Å². The first kappa shape index (κ1) is 17.4. The molecule has 1 fully saturated rings. The van der Waals surface area contributed by atoms with Gasteiger partial charge in [-0.2, -0.15) is 0 Å². The summed E-state index contributed by atoms with van der Waals surface area (Å²) in [7, 11) is 1.71. The maximum absolute atomic E-state index is 12.1. The van der Waals surface area contributed by atoms with Crippen LogP contribution >= 0.6 is 0 Å². The van der Waals surface area contributed by atoms with Gasteiger partial charge in [0.2, 0.25) is 5.91 Å². The van der Waals surface area contributed by atoms with Crippen molar-refractivity contribution in [2.45, 2.75) is 53.1 Å². The standard InChI is InChI=1S/C16H32N2O2/c1-12(13-6-8-17-9-7-13)10-15(19)18-11-14(20-5)16(2,3)4/h12-14,17H,6-11H2,1-5H3,(H,18,19). The first-order valence-electron chi connectivity index (χ1n) is 7.84. The Labute approximate surface area is 124 Å². The SMILES string of the molecule is COC(CNC(=O)CC(C)C1CCNCC1)C(C)(C)C. The molecule has 2 N–H and O–H groups in total. The van der Waals surface area contributed by atoms with Crippen LogP contribution in [0.15, 0.2) is 0 Å².